The van der Waals surface area contributed by atoms with Crippen molar-refractivity contribution in [3.05, 3.63) is 0 Å². The second kappa shape index (κ2) is 9.28. The van der Waals surface area contributed by atoms with Crippen LogP contribution in [-0.2, 0) is 4.74 Å². The zero-order valence-corrected chi connectivity index (χ0v) is 11.0. The first-order valence-corrected chi connectivity index (χ1v) is 6.95. The average molecular weight is 242 g/mol. The minimum Gasteiger partial charge on any atom is -0.382 e. The number of amides is 2. The molecule has 100 valence electrons. The molecule has 0 spiro atoms. The van der Waals surface area contributed by atoms with Crippen molar-refractivity contribution in [3.63, 3.8) is 0 Å². The molecule has 0 aromatic carbocycles. The molecule has 4 nitrogen and oxygen atoms in total. The van der Waals surface area contributed by atoms with E-state index in [0.717, 1.165) is 32.5 Å². The molecule has 0 radical (unpaired) electrons. The van der Waals surface area contributed by atoms with Crippen molar-refractivity contribution in [1.82, 2.24) is 10.6 Å². The second-order valence-electron chi connectivity index (χ2n) is 4.64. The van der Waals surface area contributed by atoms with Gasteiger partial charge in [0.1, 0.15) is 0 Å². The number of carbonyl (C=O) groups excluding carboxylic acids is 1. The Kier molecular flexibility index (Phi) is 7.80. The molecule has 1 rings (SSSR count). The predicted molar refractivity (Wildman–Crippen MR) is 69.1 cm³/mol. The fraction of sp³-hybridized carbons (Fsp3) is 0.923. The third-order valence-electron chi connectivity index (χ3n) is 3.15. The van der Waals surface area contributed by atoms with Gasteiger partial charge in [-0.1, -0.05) is 25.7 Å². The summed E-state index contributed by atoms with van der Waals surface area (Å²) in [6, 6.07) is 0.359. The quantitative estimate of drug-likeness (QED) is 0.555. The van der Waals surface area contributed by atoms with Crippen LogP contribution in [0, 0.1) is 0 Å². The molecule has 1 aliphatic carbocycles. The molecule has 17 heavy (non-hydrogen) atoms. The van der Waals surface area contributed by atoms with Gasteiger partial charge >= 0.3 is 6.03 Å². The maximum atomic E-state index is 11.6. The van der Waals surface area contributed by atoms with Gasteiger partial charge < -0.3 is 15.4 Å². The number of hydrogen-bond acceptors (Lipinski definition) is 2. The normalized spacial score (nSPS) is 17.5. The van der Waals surface area contributed by atoms with Gasteiger partial charge in [0.2, 0.25) is 0 Å². The smallest absolute Gasteiger partial charge is 0.315 e. The van der Waals surface area contributed by atoms with E-state index in [9.17, 15) is 4.79 Å². The van der Waals surface area contributed by atoms with Crippen LogP contribution in [-0.4, -0.2) is 31.8 Å². The van der Waals surface area contributed by atoms with Gasteiger partial charge in [-0.2, -0.15) is 0 Å². The zero-order chi connectivity index (χ0) is 12.3. The summed E-state index contributed by atoms with van der Waals surface area (Å²) in [4.78, 5) is 11.6. The van der Waals surface area contributed by atoms with Crippen molar-refractivity contribution in [1.29, 1.82) is 0 Å². The van der Waals surface area contributed by atoms with Crippen molar-refractivity contribution >= 4 is 6.03 Å². The number of rotatable bonds is 6. The number of nitrogens with one attached hydrogen (secondary N) is 2. The van der Waals surface area contributed by atoms with Crippen LogP contribution < -0.4 is 10.6 Å². The van der Waals surface area contributed by atoms with Crippen LogP contribution in [0.25, 0.3) is 0 Å². The van der Waals surface area contributed by atoms with Crippen LogP contribution in [0.5, 0.6) is 0 Å². The van der Waals surface area contributed by atoms with E-state index in [4.69, 9.17) is 4.74 Å². The second-order valence-corrected chi connectivity index (χ2v) is 4.64. The lowest BCUT2D eigenvalue weighted by Gasteiger charge is -2.16. The molecule has 0 aromatic heterocycles. The SMILES string of the molecule is CCOCCCNC(=O)NC1CCCCCC1. The van der Waals surface area contributed by atoms with E-state index in [1.54, 1.807) is 0 Å². The minimum atomic E-state index is -0.0200. The summed E-state index contributed by atoms with van der Waals surface area (Å²) >= 11 is 0. The number of urea groups is 1. The highest BCUT2D eigenvalue weighted by atomic mass is 16.5. The zero-order valence-electron chi connectivity index (χ0n) is 11.0. The molecule has 0 atom stereocenters. The van der Waals surface area contributed by atoms with Crippen molar-refractivity contribution in [3.8, 4) is 0 Å². The van der Waals surface area contributed by atoms with E-state index in [1.165, 1.54) is 25.7 Å². The molecule has 1 saturated carbocycles. The molecular formula is C13H26N2O2. The predicted octanol–water partition coefficient (Wildman–Crippen LogP) is 2.44. The van der Waals surface area contributed by atoms with Crippen LogP contribution in [0.3, 0.4) is 0 Å². The molecule has 2 N–H and O–H groups in total. The maximum absolute atomic E-state index is 11.6. The van der Waals surface area contributed by atoms with Gasteiger partial charge in [-0.3, -0.25) is 0 Å². The summed E-state index contributed by atoms with van der Waals surface area (Å²) in [6.45, 7) is 4.14. The summed E-state index contributed by atoms with van der Waals surface area (Å²) in [7, 11) is 0. The van der Waals surface area contributed by atoms with Gasteiger partial charge in [0, 0.05) is 25.8 Å². The first-order valence-electron chi connectivity index (χ1n) is 6.95. The molecule has 0 bridgehead atoms. The maximum Gasteiger partial charge on any atom is 0.315 e. The van der Waals surface area contributed by atoms with Gasteiger partial charge in [-0.15, -0.1) is 0 Å². The third-order valence-corrected chi connectivity index (χ3v) is 3.15. The Morgan fingerprint density at radius 3 is 2.59 bits per heavy atom. The van der Waals surface area contributed by atoms with Crippen molar-refractivity contribution < 1.29 is 9.53 Å². The van der Waals surface area contributed by atoms with Crippen molar-refractivity contribution in [2.45, 2.75) is 57.9 Å². The Labute approximate surface area is 104 Å². The van der Waals surface area contributed by atoms with Crippen molar-refractivity contribution in [2.24, 2.45) is 0 Å². The standard InChI is InChI=1S/C13H26N2O2/c1-2-17-11-7-10-14-13(16)15-12-8-5-3-4-6-9-12/h12H,2-11H2,1H3,(H2,14,15,16). The molecule has 0 saturated heterocycles. The van der Waals surface area contributed by atoms with Gasteiger partial charge in [-0.05, 0) is 26.2 Å². The molecule has 0 aliphatic heterocycles. The van der Waals surface area contributed by atoms with Crippen LogP contribution in [0.15, 0.2) is 0 Å². The molecule has 0 unspecified atom stereocenters. The molecule has 1 aliphatic rings. The van der Waals surface area contributed by atoms with E-state index in [0.29, 0.717) is 12.6 Å². The number of ether oxygens (including phenoxy) is 1. The lowest BCUT2D eigenvalue weighted by molar-refractivity contribution is 0.145. The molecule has 4 heteroatoms. The van der Waals surface area contributed by atoms with Crippen LogP contribution >= 0.6 is 0 Å². The molecule has 2 amide bonds. The highest BCUT2D eigenvalue weighted by molar-refractivity contribution is 5.74. The van der Waals surface area contributed by atoms with E-state index < -0.39 is 0 Å². The Morgan fingerprint density at radius 2 is 1.94 bits per heavy atom. The largest absolute Gasteiger partial charge is 0.382 e. The third kappa shape index (κ3) is 7.21. The van der Waals surface area contributed by atoms with E-state index in [2.05, 4.69) is 10.6 Å². The fourth-order valence-corrected chi connectivity index (χ4v) is 2.18. The first-order chi connectivity index (χ1) is 8.33. The Morgan fingerprint density at radius 1 is 1.24 bits per heavy atom. The molecular weight excluding hydrogens is 216 g/mol. The van der Waals surface area contributed by atoms with E-state index >= 15 is 0 Å². The lowest BCUT2D eigenvalue weighted by atomic mass is 10.1. The summed E-state index contributed by atoms with van der Waals surface area (Å²) in [6.07, 6.45) is 8.26. The van der Waals surface area contributed by atoms with Gasteiger partial charge in [-0.25, -0.2) is 4.79 Å². The van der Waals surface area contributed by atoms with E-state index in [-0.39, 0.29) is 6.03 Å². The van der Waals surface area contributed by atoms with Crippen molar-refractivity contribution in [2.75, 3.05) is 19.8 Å². The lowest BCUT2D eigenvalue weighted by Crippen LogP contribution is -2.42. The monoisotopic (exact) mass is 242 g/mol. The molecule has 1 fully saturated rings. The average Bonchev–Trinajstić information content (AvgIpc) is 2.57. The summed E-state index contributed by atoms with van der Waals surface area (Å²) < 4.78 is 5.21. The molecule has 0 aromatic rings. The fourth-order valence-electron chi connectivity index (χ4n) is 2.18. The minimum absolute atomic E-state index is 0.0200. The summed E-state index contributed by atoms with van der Waals surface area (Å²) in [5.74, 6) is 0. The molecule has 0 heterocycles. The van der Waals surface area contributed by atoms with E-state index in [1.807, 2.05) is 6.92 Å². The van der Waals surface area contributed by atoms with Gasteiger partial charge in [0.25, 0.3) is 0 Å². The Balaban J connectivity index is 2.03. The highest BCUT2D eigenvalue weighted by Gasteiger charge is 2.13. The van der Waals surface area contributed by atoms with Gasteiger partial charge in [0.15, 0.2) is 0 Å². The number of carbonyl (C=O) groups is 1. The number of hydrogen-bond donors (Lipinski definition) is 2. The van der Waals surface area contributed by atoms with Gasteiger partial charge in [0.05, 0.1) is 0 Å². The Bertz CT molecular complexity index is 202. The topological polar surface area (TPSA) is 50.4 Å². The first kappa shape index (κ1) is 14.3. The van der Waals surface area contributed by atoms with Crippen LogP contribution in [0.2, 0.25) is 0 Å². The van der Waals surface area contributed by atoms with Crippen LogP contribution in [0.4, 0.5) is 4.79 Å². The summed E-state index contributed by atoms with van der Waals surface area (Å²) in [5, 5.41) is 5.94. The Hall–Kier alpha value is -0.770. The summed E-state index contributed by atoms with van der Waals surface area (Å²) in [5.41, 5.74) is 0. The highest BCUT2D eigenvalue weighted by Crippen LogP contribution is 2.16. The van der Waals surface area contributed by atoms with Crippen LogP contribution in [0.1, 0.15) is 51.9 Å².